The fraction of sp³-hybridized carbons (Fsp3) is 0.400. The van der Waals surface area contributed by atoms with Gasteiger partial charge in [-0.2, -0.15) is 0 Å². The molecule has 2 aromatic rings. The maximum absolute atomic E-state index is 12.5. The van der Waals surface area contributed by atoms with Gasteiger partial charge in [0.25, 0.3) is 5.91 Å². The van der Waals surface area contributed by atoms with Crippen LogP contribution in [-0.2, 0) is 10.0 Å². The third kappa shape index (κ3) is 2.60. The molecule has 0 spiro atoms. The van der Waals surface area contributed by atoms with E-state index in [4.69, 9.17) is 4.42 Å². The van der Waals surface area contributed by atoms with Crippen molar-refractivity contribution in [3.05, 3.63) is 41.7 Å². The molecule has 2 fully saturated rings. The second-order valence-electron chi connectivity index (χ2n) is 6.00. The molecule has 23 heavy (non-hydrogen) atoms. The van der Waals surface area contributed by atoms with Crippen LogP contribution in [0.5, 0.6) is 0 Å². The van der Waals surface area contributed by atoms with Gasteiger partial charge in [-0.3, -0.25) is 4.79 Å². The number of carbonyl (C=O) groups is 1. The number of hydrogen-bond acceptors (Lipinski definition) is 5. The van der Waals surface area contributed by atoms with Crippen LogP contribution in [0.1, 0.15) is 23.4 Å². The lowest BCUT2D eigenvalue weighted by atomic mass is 10.1. The third-order valence-electron chi connectivity index (χ3n) is 4.54. The van der Waals surface area contributed by atoms with E-state index in [1.807, 2.05) is 0 Å². The predicted molar refractivity (Wildman–Crippen MR) is 84.7 cm³/mol. The van der Waals surface area contributed by atoms with Gasteiger partial charge in [-0.15, -0.1) is 11.3 Å². The van der Waals surface area contributed by atoms with Crippen LogP contribution in [0.2, 0.25) is 0 Å². The number of hydrogen-bond donors (Lipinski definition) is 1. The predicted octanol–water partition coefficient (Wildman–Crippen LogP) is 1.92. The van der Waals surface area contributed by atoms with Gasteiger partial charge in [0.2, 0.25) is 10.0 Å². The summed E-state index contributed by atoms with van der Waals surface area (Å²) in [4.78, 5) is 14.2. The minimum atomic E-state index is -3.52. The molecule has 2 aliphatic rings. The van der Waals surface area contributed by atoms with Crippen molar-refractivity contribution in [3.8, 4) is 0 Å². The lowest BCUT2D eigenvalue weighted by molar-refractivity contribution is 0.0646. The number of amides is 1. The molecule has 2 aromatic heterocycles. The number of nitrogens with zero attached hydrogens (tertiary/aromatic N) is 1. The molecule has 1 saturated carbocycles. The normalized spacial score (nSPS) is 26.8. The Morgan fingerprint density at radius 3 is 2.83 bits per heavy atom. The van der Waals surface area contributed by atoms with Gasteiger partial charge in [-0.25, -0.2) is 13.1 Å². The smallest absolute Gasteiger partial charge is 0.289 e. The second-order valence-corrected chi connectivity index (χ2v) is 8.89. The van der Waals surface area contributed by atoms with Crippen molar-refractivity contribution in [3.63, 3.8) is 0 Å². The number of thiophene rings is 1. The molecule has 1 saturated heterocycles. The first kappa shape index (κ1) is 14.9. The minimum absolute atomic E-state index is 0.104. The molecule has 2 bridgehead atoms. The Labute approximate surface area is 138 Å². The number of piperidine rings is 1. The fourth-order valence-corrected chi connectivity index (χ4v) is 5.89. The lowest BCUT2D eigenvalue weighted by Gasteiger charge is -2.32. The molecular weight excluding hydrogens is 336 g/mol. The SMILES string of the molecule is O=C(c1ccco1)N1C[C@@H]2C[C@H](NS(=O)(=O)c3cccs3)[C@H]1C2. The van der Waals surface area contributed by atoms with Gasteiger partial charge in [-0.05, 0) is 42.3 Å². The minimum Gasteiger partial charge on any atom is -0.459 e. The van der Waals surface area contributed by atoms with Crippen molar-refractivity contribution >= 4 is 27.3 Å². The van der Waals surface area contributed by atoms with Crippen LogP contribution in [0, 0.1) is 5.92 Å². The molecule has 122 valence electrons. The van der Waals surface area contributed by atoms with Gasteiger partial charge in [0.05, 0.1) is 6.26 Å². The third-order valence-corrected chi connectivity index (χ3v) is 7.43. The van der Waals surface area contributed by atoms with Crippen molar-refractivity contribution in [2.24, 2.45) is 5.92 Å². The molecule has 0 radical (unpaired) electrons. The standard InChI is InChI=1S/C15H16N2O4S2/c18-15(13-3-1-5-21-13)17-9-10-7-11(12(17)8-10)16-23(19,20)14-4-2-6-22-14/h1-6,10-12,16H,7-9H2/t10-,11+,12-/m1/s1. The summed E-state index contributed by atoms with van der Waals surface area (Å²) in [6.45, 7) is 0.668. The highest BCUT2D eigenvalue weighted by Gasteiger charge is 2.48. The molecule has 1 aliphatic carbocycles. The maximum atomic E-state index is 12.5. The number of carbonyl (C=O) groups excluding carboxylic acids is 1. The Bertz CT molecular complexity index is 799. The van der Waals surface area contributed by atoms with E-state index < -0.39 is 10.0 Å². The zero-order chi connectivity index (χ0) is 16.0. The van der Waals surface area contributed by atoms with E-state index in [1.165, 1.54) is 17.6 Å². The molecule has 3 heterocycles. The maximum Gasteiger partial charge on any atom is 0.289 e. The zero-order valence-electron chi connectivity index (χ0n) is 12.2. The van der Waals surface area contributed by atoms with E-state index in [1.54, 1.807) is 34.5 Å². The summed E-state index contributed by atoms with van der Waals surface area (Å²) < 4.78 is 33.1. The van der Waals surface area contributed by atoms with E-state index >= 15 is 0 Å². The van der Waals surface area contributed by atoms with E-state index in [-0.39, 0.29) is 18.0 Å². The van der Waals surface area contributed by atoms with Crippen LogP contribution < -0.4 is 4.72 Å². The van der Waals surface area contributed by atoms with Crippen LogP contribution in [0.4, 0.5) is 0 Å². The van der Waals surface area contributed by atoms with Gasteiger partial charge in [0.1, 0.15) is 4.21 Å². The average Bonchev–Trinajstić information content (AvgIpc) is 3.27. The highest BCUT2D eigenvalue weighted by Crippen LogP contribution is 2.39. The number of sulfonamides is 1. The monoisotopic (exact) mass is 352 g/mol. The molecule has 1 N–H and O–H groups in total. The molecular formula is C15H16N2O4S2. The van der Waals surface area contributed by atoms with Crippen molar-refractivity contribution < 1.29 is 17.6 Å². The zero-order valence-corrected chi connectivity index (χ0v) is 13.8. The van der Waals surface area contributed by atoms with Crippen LogP contribution in [0.15, 0.2) is 44.5 Å². The summed E-state index contributed by atoms with van der Waals surface area (Å²) in [7, 11) is -3.52. The summed E-state index contributed by atoms with van der Waals surface area (Å²) in [5.41, 5.74) is 0. The molecule has 4 rings (SSSR count). The Hall–Kier alpha value is -1.64. The quantitative estimate of drug-likeness (QED) is 0.912. The van der Waals surface area contributed by atoms with Crippen molar-refractivity contribution in [1.29, 1.82) is 0 Å². The lowest BCUT2D eigenvalue weighted by Crippen LogP contribution is -2.51. The molecule has 0 unspecified atom stereocenters. The highest BCUT2D eigenvalue weighted by molar-refractivity contribution is 7.91. The van der Waals surface area contributed by atoms with Crippen LogP contribution in [0.3, 0.4) is 0 Å². The van der Waals surface area contributed by atoms with Crippen LogP contribution >= 0.6 is 11.3 Å². The first-order valence-corrected chi connectivity index (χ1v) is 9.81. The largest absolute Gasteiger partial charge is 0.459 e. The van der Waals surface area contributed by atoms with E-state index in [0.717, 1.165) is 12.8 Å². The van der Waals surface area contributed by atoms with Crippen molar-refractivity contribution in [2.45, 2.75) is 29.1 Å². The topological polar surface area (TPSA) is 79.6 Å². The first-order valence-electron chi connectivity index (χ1n) is 7.45. The summed E-state index contributed by atoms with van der Waals surface area (Å²) in [6.07, 6.45) is 3.08. The Kier molecular flexibility index (Phi) is 3.55. The molecule has 6 nitrogen and oxygen atoms in total. The number of furan rings is 1. The molecule has 0 aromatic carbocycles. The van der Waals surface area contributed by atoms with Gasteiger partial charge in [0.15, 0.2) is 5.76 Å². The van der Waals surface area contributed by atoms with E-state index in [9.17, 15) is 13.2 Å². The summed E-state index contributed by atoms with van der Waals surface area (Å²) in [5.74, 6) is 0.481. The highest BCUT2D eigenvalue weighted by atomic mass is 32.2. The van der Waals surface area contributed by atoms with Gasteiger partial charge in [0, 0.05) is 18.6 Å². The molecule has 8 heteroatoms. The van der Waals surface area contributed by atoms with E-state index in [2.05, 4.69) is 4.72 Å². The van der Waals surface area contributed by atoms with Gasteiger partial charge in [-0.1, -0.05) is 6.07 Å². The van der Waals surface area contributed by atoms with Crippen molar-refractivity contribution in [1.82, 2.24) is 9.62 Å². The summed E-state index contributed by atoms with van der Waals surface area (Å²) in [5, 5.41) is 1.74. The number of likely N-dealkylation sites (tertiary alicyclic amines) is 1. The van der Waals surface area contributed by atoms with E-state index in [0.29, 0.717) is 22.4 Å². The summed E-state index contributed by atoms with van der Waals surface area (Å²) >= 11 is 1.19. The van der Waals surface area contributed by atoms with Gasteiger partial charge < -0.3 is 9.32 Å². The summed E-state index contributed by atoms with van der Waals surface area (Å²) in [6, 6.07) is 6.28. The molecule has 1 aliphatic heterocycles. The molecule has 1 amide bonds. The fourth-order valence-electron chi connectivity index (χ4n) is 3.60. The van der Waals surface area contributed by atoms with Crippen molar-refractivity contribution in [2.75, 3.05) is 6.54 Å². The Morgan fingerprint density at radius 2 is 2.17 bits per heavy atom. The Morgan fingerprint density at radius 1 is 1.30 bits per heavy atom. The Balaban J connectivity index is 1.53. The molecule has 3 atom stereocenters. The van der Waals surface area contributed by atoms with Crippen LogP contribution in [0.25, 0.3) is 0 Å². The number of fused-ring (bicyclic) bond motifs is 2. The number of nitrogens with one attached hydrogen (secondary N) is 1. The van der Waals surface area contributed by atoms with Gasteiger partial charge >= 0.3 is 0 Å². The van der Waals surface area contributed by atoms with Crippen LogP contribution in [-0.4, -0.2) is 37.9 Å². The second kappa shape index (κ2) is 5.47. The number of rotatable bonds is 4. The first-order chi connectivity index (χ1) is 11.0. The average molecular weight is 352 g/mol.